The van der Waals surface area contributed by atoms with Gasteiger partial charge in [-0.1, -0.05) is 11.6 Å². The highest BCUT2D eigenvalue weighted by atomic mass is 35.5. The van der Waals surface area contributed by atoms with Gasteiger partial charge in [-0.05, 0) is 32.0 Å². The van der Waals surface area contributed by atoms with Crippen LogP contribution in [0.1, 0.15) is 13.8 Å². The van der Waals surface area contributed by atoms with E-state index in [1.54, 1.807) is 13.8 Å². The summed E-state index contributed by atoms with van der Waals surface area (Å²) in [5.41, 5.74) is 0. The maximum atomic E-state index is 11.9. The van der Waals surface area contributed by atoms with Crippen LogP contribution in [0.2, 0.25) is 5.02 Å². The minimum absolute atomic E-state index is 0.0676. The van der Waals surface area contributed by atoms with Crippen LogP contribution in [0.3, 0.4) is 0 Å². The highest BCUT2D eigenvalue weighted by Crippen LogP contribution is 2.28. The number of carboxylic acids is 1. The Balaban J connectivity index is 3.03. The van der Waals surface area contributed by atoms with Crippen LogP contribution < -0.4 is 4.74 Å². The maximum Gasteiger partial charge on any atom is 0.341 e. The molecule has 1 rings (SSSR count). The average Bonchev–Trinajstić information content (AvgIpc) is 2.26. The monoisotopic (exact) mass is 292 g/mol. The van der Waals surface area contributed by atoms with Gasteiger partial charge in [-0.15, -0.1) is 0 Å². The second-order valence-electron chi connectivity index (χ2n) is 3.87. The summed E-state index contributed by atoms with van der Waals surface area (Å²) in [5, 5.41) is 7.97. The van der Waals surface area contributed by atoms with Gasteiger partial charge >= 0.3 is 5.97 Å². The van der Waals surface area contributed by atoms with Crippen molar-refractivity contribution in [2.75, 3.05) is 6.61 Å². The van der Waals surface area contributed by atoms with Crippen LogP contribution >= 0.6 is 11.6 Å². The summed E-state index contributed by atoms with van der Waals surface area (Å²) >= 11 is 5.84. The van der Waals surface area contributed by atoms with E-state index >= 15 is 0 Å². The number of carboxylic acid groups (broad SMARTS) is 1. The predicted molar refractivity (Wildman–Crippen MR) is 66.9 cm³/mol. The molecular formula is C11H13ClO5S. The Hall–Kier alpha value is -1.27. The summed E-state index contributed by atoms with van der Waals surface area (Å²) in [6.45, 7) is 2.60. The van der Waals surface area contributed by atoms with Crippen LogP contribution in [0.15, 0.2) is 23.1 Å². The van der Waals surface area contributed by atoms with E-state index in [0.717, 1.165) is 0 Å². The van der Waals surface area contributed by atoms with Crippen LogP contribution in [0, 0.1) is 0 Å². The molecule has 0 radical (unpaired) electrons. The van der Waals surface area contributed by atoms with Crippen molar-refractivity contribution >= 4 is 27.4 Å². The smallest absolute Gasteiger partial charge is 0.341 e. The van der Waals surface area contributed by atoms with E-state index in [1.807, 2.05) is 0 Å². The molecule has 18 heavy (non-hydrogen) atoms. The molecular weight excluding hydrogens is 280 g/mol. The Labute approximate surface area is 110 Å². The standard InChI is InChI=1S/C11H13ClO5S/c1-7(2)18(15,16)8-3-4-10(9(12)5-8)17-6-11(13)14/h3-5,7H,6H2,1-2H3,(H,13,14). The Morgan fingerprint density at radius 3 is 2.50 bits per heavy atom. The number of benzene rings is 1. The van der Waals surface area contributed by atoms with E-state index in [2.05, 4.69) is 0 Å². The fraction of sp³-hybridized carbons (Fsp3) is 0.364. The number of ether oxygens (including phenoxy) is 1. The lowest BCUT2D eigenvalue weighted by Gasteiger charge is -2.10. The largest absolute Gasteiger partial charge is 0.480 e. The SMILES string of the molecule is CC(C)S(=O)(=O)c1ccc(OCC(=O)O)c(Cl)c1. The van der Waals surface area contributed by atoms with Crippen molar-refractivity contribution in [3.05, 3.63) is 23.2 Å². The zero-order chi connectivity index (χ0) is 13.9. The van der Waals surface area contributed by atoms with Gasteiger partial charge in [-0.2, -0.15) is 0 Å². The van der Waals surface area contributed by atoms with E-state index in [4.69, 9.17) is 21.4 Å². The number of hydrogen-bond donors (Lipinski definition) is 1. The number of rotatable bonds is 5. The first-order chi connectivity index (χ1) is 8.25. The molecule has 0 aromatic heterocycles. The maximum absolute atomic E-state index is 11.9. The first-order valence-corrected chi connectivity index (χ1v) is 7.05. The van der Waals surface area contributed by atoms with Gasteiger partial charge in [-0.25, -0.2) is 13.2 Å². The molecule has 0 amide bonds. The summed E-state index contributed by atoms with van der Waals surface area (Å²) in [6.07, 6.45) is 0. The molecule has 100 valence electrons. The van der Waals surface area contributed by atoms with Crippen LogP contribution in [0.4, 0.5) is 0 Å². The molecule has 1 N–H and O–H groups in total. The lowest BCUT2D eigenvalue weighted by atomic mass is 10.3. The molecule has 1 aromatic carbocycles. The first kappa shape index (κ1) is 14.8. The van der Waals surface area contributed by atoms with Crippen molar-refractivity contribution in [1.82, 2.24) is 0 Å². The van der Waals surface area contributed by atoms with Crippen LogP contribution in [0.5, 0.6) is 5.75 Å². The summed E-state index contributed by atoms with van der Waals surface area (Å²) in [4.78, 5) is 10.4. The molecule has 0 aliphatic carbocycles. The average molecular weight is 293 g/mol. The van der Waals surface area contributed by atoms with E-state index in [-0.39, 0.29) is 15.7 Å². The van der Waals surface area contributed by atoms with Gasteiger partial charge in [0.2, 0.25) is 0 Å². The topological polar surface area (TPSA) is 80.7 Å². The molecule has 7 heteroatoms. The molecule has 5 nitrogen and oxygen atoms in total. The normalized spacial score (nSPS) is 11.6. The van der Waals surface area contributed by atoms with Gasteiger partial charge in [0.1, 0.15) is 5.75 Å². The summed E-state index contributed by atoms with van der Waals surface area (Å²) in [7, 11) is -3.40. The zero-order valence-electron chi connectivity index (χ0n) is 9.88. The molecule has 0 fully saturated rings. The Morgan fingerprint density at radius 2 is 2.06 bits per heavy atom. The number of hydrogen-bond acceptors (Lipinski definition) is 4. The molecule has 0 aliphatic rings. The van der Waals surface area contributed by atoms with Crippen molar-refractivity contribution in [3.8, 4) is 5.75 Å². The predicted octanol–water partition coefficient (Wildman–Crippen LogP) is 1.99. The van der Waals surface area contributed by atoms with E-state index < -0.39 is 27.7 Å². The van der Waals surface area contributed by atoms with E-state index in [0.29, 0.717) is 0 Å². The highest BCUT2D eigenvalue weighted by molar-refractivity contribution is 7.92. The fourth-order valence-corrected chi connectivity index (χ4v) is 2.57. The number of carbonyl (C=O) groups is 1. The third-order valence-corrected chi connectivity index (χ3v) is 4.65. The second-order valence-corrected chi connectivity index (χ2v) is 6.78. The zero-order valence-corrected chi connectivity index (χ0v) is 11.5. The molecule has 0 bridgehead atoms. The van der Waals surface area contributed by atoms with Gasteiger partial charge < -0.3 is 9.84 Å². The van der Waals surface area contributed by atoms with Gasteiger partial charge in [-0.3, -0.25) is 0 Å². The molecule has 0 heterocycles. The third-order valence-electron chi connectivity index (χ3n) is 2.20. The van der Waals surface area contributed by atoms with Crippen molar-refractivity contribution in [2.24, 2.45) is 0 Å². The van der Waals surface area contributed by atoms with E-state index in [1.165, 1.54) is 18.2 Å². The van der Waals surface area contributed by atoms with Crippen LogP contribution in [0.25, 0.3) is 0 Å². The number of aliphatic carboxylic acids is 1. The summed E-state index contributed by atoms with van der Waals surface area (Å²) < 4.78 is 28.6. The molecule has 0 unspecified atom stereocenters. The third kappa shape index (κ3) is 3.36. The Bertz CT molecular complexity index is 551. The van der Waals surface area contributed by atoms with Gasteiger partial charge in [0, 0.05) is 0 Å². The molecule has 0 aliphatic heterocycles. The molecule has 0 atom stereocenters. The van der Waals surface area contributed by atoms with Crippen molar-refractivity contribution in [1.29, 1.82) is 0 Å². The van der Waals surface area contributed by atoms with Crippen molar-refractivity contribution in [3.63, 3.8) is 0 Å². The van der Waals surface area contributed by atoms with Crippen LogP contribution in [-0.4, -0.2) is 31.4 Å². The van der Waals surface area contributed by atoms with E-state index in [9.17, 15) is 13.2 Å². The Kier molecular flexibility index (Phi) is 4.59. The summed E-state index contributed by atoms with van der Waals surface area (Å²) in [5.74, 6) is -0.994. The lowest BCUT2D eigenvalue weighted by molar-refractivity contribution is -0.139. The quantitative estimate of drug-likeness (QED) is 0.897. The Morgan fingerprint density at radius 1 is 1.44 bits per heavy atom. The fourth-order valence-electron chi connectivity index (χ4n) is 1.19. The van der Waals surface area contributed by atoms with Crippen molar-refractivity contribution in [2.45, 2.75) is 24.0 Å². The molecule has 0 spiro atoms. The highest BCUT2D eigenvalue weighted by Gasteiger charge is 2.20. The molecule has 0 saturated heterocycles. The molecule has 1 aromatic rings. The second kappa shape index (κ2) is 5.58. The van der Waals surface area contributed by atoms with Gasteiger partial charge in [0.05, 0.1) is 15.2 Å². The minimum atomic E-state index is -3.40. The van der Waals surface area contributed by atoms with Gasteiger partial charge in [0.25, 0.3) is 0 Å². The first-order valence-electron chi connectivity index (χ1n) is 5.13. The van der Waals surface area contributed by atoms with Crippen molar-refractivity contribution < 1.29 is 23.1 Å². The number of sulfone groups is 1. The lowest BCUT2D eigenvalue weighted by Crippen LogP contribution is -2.14. The van der Waals surface area contributed by atoms with Gasteiger partial charge in [0.15, 0.2) is 16.4 Å². The number of halogens is 1. The molecule has 0 saturated carbocycles. The minimum Gasteiger partial charge on any atom is -0.480 e. The van der Waals surface area contributed by atoms with Crippen LogP contribution in [-0.2, 0) is 14.6 Å². The summed E-state index contributed by atoms with van der Waals surface area (Å²) in [6, 6.07) is 3.95.